The first-order valence-electron chi connectivity index (χ1n) is 10.5. The standard InChI is InChI=1S/C19H26N2O3S.C2HF3O2/c22-18(16-4-8-25-9-5-16)21-13-19(14-21)10-17(3-7-24-19)23-12-15-2-1-6-20-11-15;3-2(4,5)1(6)7/h1-2,6,11,16-17H,3-5,7-10,12-14H2;(H,6,7). The van der Waals surface area contributed by atoms with Gasteiger partial charge in [-0.1, -0.05) is 6.07 Å². The molecule has 1 amide bonds. The van der Waals surface area contributed by atoms with Crippen molar-refractivity contribution in [2.75, 3.05) is 31.2 Å². The summed E-state index contributed by atoms with van der Waals surface area (Å²) in [5.41, 5.74) is 0.931. The lowest BCUT2D eigenvalue weighted by Gasteiger charge is -2.53. The number of likely N-dealkylation sites (tertiary alicyclic amines) is 1. The van der Waals surface area contributed by atoms with Crippen molar-refractivity contribution in [2.24, 2.45) is 5.92 Å². The van der Waals surface area contributed by atoms with E-state index in [-0.39, 0.29) is 17.6 Å². The minimum absolute atomic E-state index is 0.170. The highest BCUT2D eigenvalue weighted by atomic mass is 32.2. The molecule has 3 aliphatic rings. The molecule has 1 spiro atoms. The molecule has 4 heterocycles. The van der Waals surface area contributed by atoms with E-state index >= 15 is 0 Å². The Kier molecular flexibility index (Phi) is 8.40. The van der Waals surface area contributed by atoms with Crippen molar-refractivity contribution in [2.45, 2.75) is 50.2 Å². The van der Waals surface area contributed by atoms with Gasteiger partial charge in [0.25, 0.3) is 0 Å². The van der Waals surface area contributed by atoms with Crippen LogP contribution < -0.4 is 0 Å². The molecule has 3 saturated heterocycles. The van der Waals surface area contributed by atoms with Crippen LogP contribution in [-0.2, 0) is 25.7 Å². The van der Waals surface area contributed by atoms with Crippen LogP contribution in [0.5, 0.6) is 0 Å². The van der Waals surface area contributed by atoms with Crippen LogP contribution >= 0.6 is 11.8 Å². The van der Waals surface area contributed by atoms with E-state index in [1.165, 1.54) is 0 Å². The summed E-state index contributed by atoms with van der Waals surface area (Å²) < 4.78 is 43.9. The molecular formula is C21H27F3N2O5S. The van der Waals surface area contributed by atoms with E-state index < -0.39 is 12.1 Å². The van der Waals surface area contributed by atoms with E-state index in [1.807, 2.05) is 35.0 Å². The number of pyridine rings is 1. The molecule has 178 valence electrons. The fourth-order valence-corrected chi connectivity index (χ4v) is 5.16. The Bertz CT molecular complexity index is 768. The predicted molar refractivity (Wildman–Crippen MR) is 111 cm³/mol. The Balaban J connectivity index is 0.000000360. The van der Waals surface area contributed by atoms with Crippen molar-refractivity contribution >= 4 is 23.6 Å². The van der Waals surface area contributed by atoms with Crippen molar-refractivity contribution in [3.05, 3.63) is 30.1 Å². The zero-order chi connectivity index (χ0) is 23.2. The average molecular weight is 477 g/mol. The first-order valence-corrected chi connectivity index (χ1v) is 11.7. The smallest absolute Gasteiger partial charge is 0.475 e. The molecule has 0 bridgehead atoms. The Morgan fingerprint density at radius 3 is 2.56 bits per heavy atom. The minimum Gasteiger partial charge on any atom is -0.475 e. The van der Waals surface area contributed by atoms with Crippen molar-refractivity contribution in [1.29, 1.82) is 0 Å². The average Bonchev–Trinajstić information content (AvgIpc) is 2.77. The molecule has 0 saturated carbocycles. The molecular weight excluding hydrogens is 449 g/mol. The van der Waals surface area contributed by atoms with E-state index in [1.54, 1.807) is 6.20 Å². The van der Waals surface area contributed by atoms with Gasteiger partial charge in [-0.2, -0.15) is 24.9 Å². The number of nitrogens with zero attached hydrogens (tertiary/aromatic N) is 2. The summed E-state index contributed by atoms with van der Waals surface area (Å²) in [5, 5.41) is 7.12. The number of hydrogen-bond donors (Lipinski definition) is 1. The predicted octanol–water partition coefficient (Wildman–Crippen LogP) is 3.13. The fourth-order valence-electron chi connectivity index (χ4n) is 4.05. The highest BCUT2D eigenvalue weighted by molar-refractivity contribution is 7.99. The number of carboxylic acids is 1. The first-order chi connectivity index (χ1) is 15.2. The molecule has 11 heteroatoms. The van der Waals surface area contributed by atoms with Gasteiger partial charge in [0.1, 0.15) is 5.60 Å². The van der Waals surface area contributed by atoms with Gasteiger partial charge in [0.2, 0.25) is 5.91 Å². The molecule has 3 aliphatic heterocycles. The third kappa shape index (κ3) is 6.82. The maximum absolute atomic E-state index is 12.6. The van der Waals surface area contributed by atoms with Gasteiger partial charge < -0.3 is 19.5 Å². The van der Waals surface area contributed by atoms with Crippen LogP contribution in [0.4, 0.5) is 13.2 Å². The van der Waals surface area contributed by atoms with Crippen LogP contribution in [0, 0.1) is 5.92 Å². The molecule has 3 fully saturated rings. The highest BCUT2D eigenvalue weighted by Gasteiger charge is 2.50. The number of aliphatic carboxylic acids is 1. The number of aromatic nitrogens is 1. The molecule has 1 atom stereocenters. The van der Waals surface area contributed by atoms with E-state index in [0.29, 0.717) is 12.5 Å². The van der Waals surface area contributed by atoms with Gasteiger partial charge >= 0.3 is 12.1 Å². The molecule has 0 radical (unpaired) electrons. The normalized spacial score (nSPS) is 23.1. The fraction of sp³-hybridized carbons (Fsp3) is 0.667. The number of carbonyl (C=O) groups excluding carboxylic acids is 1. The molecule has 1 N–H and O–H groups in total. The summed E-state index contributed by atoms with van der Waals surface area (Å²) in [7, 11) is 0. The topological polar surface area (TPSA) is 89.0 Å². The van der Waals surface area contributed by atoms with E-state index in [9.17, 15) is 18.0 Å². The maximum atomic E-state index is 12.6. The largest absolute Gasteiger partial charge is 0.490 e. The summed E-state index contributed by atoms with van der Waals surface area (Å²) in [6.45, 7) is 2.79. The lowest BCUT2D eigenvalue weighted by atomic mass is 9.83. The van der Waals surface area contributed by atoms with Gasteiger partial charge in [-0.25, -0.2) is 4.79 Å². The molecule has 0 aliphatic carbocycles. The second-order valence-corrected chi connectivity index (χ2v) is 9.43. The quantitative estimate of drug-likeness (QED) is 0.714. The summed E-state index contributed by atoms with van der Waals surface area (Å²) in [5.74, 6) is 0.0620. The zero-order valence-corrected chi connectivity index (χ0v) is 18.4. The third-order valence-electron chi connectivity index (χ3n) is 5.74. The molecule has 32 heavy (non-hydrogen) atoms. The lowest BCUT2D eigenvalue weighted by Crippen LogP contribution is -2.68. The number of ether oxygens (including phenoxy) is 2. The number of hydrogen-bond acceptors (Lipinski definition) is 6. The number of amides is 1. The molecule has 0 aromatic carbocycles. The Labute approximate surface area is 188 Å². The van der Waals surface area contributed by atoms with Crippen LogP contribution in [0.3, 0.4) is 0 Å². The van der Waals surface area contributed by atoms with Crippen molar-refractivity contribution in [3.63, 3.8) is 0 Å². The zero-order valence-electron chi connectivity index (χ0n) is 17.6. The minimum atomic E-state index is -5.08. The van der Waals surface area contributed by atoms with Gasteiger partial charge in [-0.05, 0) is 42.4 Å². The molecule has 1 aromatic rings. The van der Waals surface area contributed by atoms with Crippen molar-refractivity contribution < 1.29 is 37.3 Å². The summed E-state index contributed by atoms with van der Waals surface area (Å²) >= 11 is 1.96. The molecule has 7 nitrogen and oxygen atoms in total. The number of thioether (sulfide) groups is 1. The number of alkyl halides is 3. The van der Waals surface area contributed by atoms with Crippen LogP contribution in [0.1, 0.15) is 31.2 Å². The third-order valence-corrected chi connectivity index (χ3v) is 6.79. The second kappa shape index (κ2) is 10.8. The van der Waals surface area contributed by atoms with Crippen molar-refractivity contribution in [1.82, 2.24) is 9.88 Å². The Morgan fingerprint density at radius 1 is 1.28 bits per heavy atom. The van der Waals surface area contributed by atoms with Gasteiger partial charge in [0.15, 0.2) is 0 Å². The van der Waals surface area contributed by atoms with Crippen LogP contribution in [0.25, 0.3) is 0 Å². The SMILES string of the molecule is O=C(C1CCSCC1)N1CC2(CC(OCc3cccnc3)CCO2)C1.O=C(O)C(F)(F)F. The van der Waals surface area contributed by atoms with E-state index in [4.69, 9.17) is 19.4 Å². The van der Waals surface area contributed by atoms with Gasteiger partial charge in [-0.15, -0.1) is 0 Å². The van der Waals surface area contributed by atoms with Gasteiger partial charge in [0.05, 0.1) is 25.8 Å². The van der Waals surface area contributed by atoms with Crippen LogP contribution in [0.2, 0.25) is 0 Å². The summed E-state index contributed by atoms with van der Waals surface area (Å²) in [6.07, 6.45) is 2.62. The number of carbonyl (C=O) groups is 2. The second-order valence-electron chi connectivity index (χ2n) is 8.20. The Hall–Kier alpha value is -1.85. The lowest BCUT2D eigenvalue weighted by molar-refractivity contribution is -0.204. The van der Waals surface area contributed by atoms with Gasteiger partial charge in [-0.3, -0.25) is 9.78 Å². The van der Waals surface area contributed by atoms with E-state index in [2.05, 4.69) is 4.98 Å². The number of halogens is 3. The summed E-state index contributed by atoms with van der Waals surface area (Å²) in [4.78, 5) is 27.6. The van der Waals surface area contributed by atoms with E-state index in [0.717, 1.165) is 62.4 Å². The Morgan fingerprint density at radius 2 is 1.97 bits per heavy atom. The molecule has 1 aromatic heterocycles. The van der Waals surface area contributed by atoms with Crippen LogP contribution in [0.15, 0.2) is 24.5 Å². The van der Waals surface area contributed by atoms with Crippen molar-refractivity contribution in [3.8, 4) is 0 Å². The van der Waals surface area contributed by atoms with Gasteiger partial charge in [0, 0.05) is 31.3 Å². The number of rotatable bonds is 4. The monoisotopic (exact) mass is 476 g/mol. The maximum Gasteiger partial charge on any atom is 0.490 e. The molecule has 4 rings (SSSR count). The highest BCUT2D eigenvalue weighted by Crippen LogP contribution is 2.37. The summed E-state index contributed by atoms with van der Waals surface area (Å²) in [6, 6.07) is 3.97. The first kappa shape index (κ1) is 24.8. The molecule has 1 unspecified atom stereocenters. The number of carboxylic acid groups (broad SMARTS) is 1. The van der Waals surface area contributed by atoms with Crippen LogP contribution in [-0.4, -0.2) is 76.0 Å².